The molecular formula is C15H20BrNO3. The minimum absolute atomic E-state index is 0.0474. The van der Waals surface area contributed by atoms with E-state index in [4.69, 9.17) is 9.47 Å². The van der Waals surface area contributed by atoms with Crippen molar-refractivity contribution in [1.29, 1.82) is 0 Å². The molecule has 0 saturated carbocycles. The molecule has 0 fully saturated rings. The van der Waals surface area contributed by atoms with Crippen LogP contribution in [0.4, 0.5) is 0 Å². The number of carbonyl (C=O) groups excluding carboxylic acids is 1. The first-order valence-corrected chi connectivity index (χ1v) is 7.70. The summed E-state index contributed by atoms with van der Waals surface area (Å²) in [6.07, 6.45) is 3.13. The highest BCUT2D eigenvalue weighted by atomic mass is 79.9. The molecular weight excluding hydrogens is 322 g/mol. The van der Waals surface area contributed by atoms with Crippen molar-refractivity contribution >= 4 is 21.8 Å². The summed E-state index contributed by atoms with van der Waals surface area (Å²) in [4.78, 5) is 12.0. The molecule has 0 bridgehead atoms. The Hall–Kier alpha value is -1.07. The fourth-order valence-electron chi connectivity index (χ4n) is 2.31. The second-order valence-corrected chi connectivity index (χ2v) is 5.80. The van der Waals surface area contributed by atoms with Gasteiger partial charge in [-0.1, -0.05) is 15.9 Å². The Labute approximate surface area is 128 Å². The number of carbonyl (C=O) groups is 1. The molecule has 0 aliphatic carbocycles. The minimum atomic E-state index is 0.0474. The lowest BCUT2D eigenvalue weighted by atomic mass is 10.0. The second-order valence-electron chi connectivity index (χ2n) is 4.89. The zero-order chi connectivity index (χ0) is 14.4. The van der Waals surface area contributed by atoms with Crippen LogP contribution < -0.4 is 10.1 Å². The molecule has 110 valence electrons. The lowest BCUT2D eigenvalue weighted by molar-refractivity contribution is -0.122. The number of ether oxygens (including phenoxy) is 2. The Morgan fingerprint density at radius 3 is 3.15 bits per heavy atom. The number of benzene rings is 1. The van der Waals surface area contributed by atoms with Crippen molar-refractivity contribution in [2.24, 2.45) is 0 Å². The first kappa shape index (κ1) is 15.3. The van der Waals surface area contributed by atoms with Crippen LogP contribution in [0, 0.1) is 0 Å². The molecule has 20 heavy (non-hydrogen) atoms. The monoisotopic (exact) mass is 341 g/mol. The molecule has 5 heteroatoms. The topological polar surface area (TPSA) is 47.6 Å². The van der Waals surface area contributed by atoms with Crippen LogP contribution in [0.15, 0.2) is 22.7 Å². The van der Waals surface area contributed by atoms with Gasteiger partial charge in [0.2, 0.25) is 5.91 Å². The van der Waals surface area contributed by atoms with Crippen molar-refractivity contribution in [3.05, 3.63) is 28.2 Å². The van der Waals surface area contributed by atoms with Crippen LogP contribution in [0.2, 0.25) is 0 Å². The highest BCUT2D eigenvalue weighted by Gasteiger charge is 2.22. The van der Waals surface area contributed by atoms with Gasteiger partial charge in [-0.3, -0.25) is 4.79 Å². The molecule has 0 spiro atoms. The highest BCUT2D eigenvalue weighted by Crippen LogP contribution is 2.34. The van der Waals surface area contributed by atoms with Crippen LogP contribution >= 0.6 is 15.9 Å². The Kier molecular flexibility index (Phi) is 5.86. The lowest BCUT2D eigenvalue weighted by Crippen LogP contribution is -2.32. The predicted molar refractivity (Wildman–Crippen MR) is 80.9 cm³/mol. The highest BCUT2D eigenvalue weighted by molar-refractivity contribution is 9.10. The Morgan fingerprint density at radius 1 is 1.50 bits per heavy atom. The zero-order valence-corrected chi connectivity index (χ0v) is 13.2. The van der Waals surface area contributed by atoms with Crippen molar-refractivity contribution < 1.29 is 14.3 Å². The van der Waals surface area contributed by atoms with Crippen LogP contribution in [0.3, 0.4) is 0 Å². The van der Waals surface area contributed by atoms with Gasteiger partial charge in [0.05, 0.1) is 12.6 Å². The summed E-state index contributed by atoms with van der Waals surface area (Å²) in [7, 11) is 1.68. The molecule has 1 N–H and O–H groups in total. The van der Waals surface area contributed by atoms with Crippen LogP contribution in [-0.2, 0) is 9.53 Å². The van der Waals surface area contributed by atoms with Gasteiger partial charge in [-0.25, -0.2) is 0 Å². The number of amides is 1. The van der Waals surface area contributed by atoms with E-state index in [0.29, 0.717) is 19.6 Å². The van der Waals surface area contributed by atoms with Gasteiger partial charge < -0.3 is 14.8 Å². The number of rotatable bonds is 6. The van der Waals surface area contributed by atoms with Gasteiger partial charge in [0, 0.05) is 36.6 Å². The number of hydrogen-bond donors (Lipinski definition) is 1. The maximum atomic E-state index is 12.0. The maximum Gasteiger partial charge on any atom is 0.220 e. The van der Waals surface area contributed by atoms with Crippen molar-refractivity contribution in [3.8, 4) is 5.75 Å². The van der Waals surface area contributed by atoms with E-state index in [1.54, 1.807) is 7.11 Å². The van der Waals surface area contributed by atoms with E-state index in [0.717, 1.165) is 35.0 Å². The minimum Gasteiger partial charge on any atom is -0.493 e. The summed E-state index contributed by atoms with van der Waals surface area (Å²) < 4.78 is 11.6. The number of unbranched alkanes of at least 4 members (excludes halogenated alkanes) is 1. The van der Waals surface area contributed by atoms with Crippen LogP contribution in [0.5, 0.6) is 5.75 Å². The summed E-state index contributed by atoms with van der Waals surface area (Å²) in [5.41, 5.74) is 1.05. The third-order valence-corrected chi connectivity index (χ3v) is 3.84. The molecule has 1 atom stereocenters. The normalized spacial score (nSPS) is 17.2. The summed E-state index contributed by atoms with van der Waals surface area (Å²) >= 11 is 3.46. The Bertz CT molecular complexity index is 464. The molecule has 1 unspecified atom stereocenters. The van der Waals surface area contributed by atoms with Crippen LogP contribution in [0.25, 0.3) is 0 Å². The third kappa shape index (κ3) is 4.21. The number of methoxy groups -OCH3 is 1. The standard InChI is InChI=1S/C15H20BrNO3/c1-19-8-3-2-4-15(18)17-13-7-9-20-14-6-5-11(16)10-12(13)14/h5-6,10,13H,2-4,7-9H2,1H3,(H,17,18). The van der Waals surface area contributed by atoms with Gasteiger partial charge in [-0.05, 0) is 31.0 Å². The first-order valence-electron chi connectivity index (χ1n) is 6.91. The lowest BCUT2D eigenvalue weighted by Gasteiger charge is -2.27. The fourth-order valence-corrected chi connectivity index (χ4v) is 2.69. The van der Waals surface area contributed by atoms with E-state index in [1.165, 1.54) is 0 Å². The molecule has 0 radical (unpaired) electrons. The number of nitrogens with one attached hydrogen (secondary N) is 1. The van der Waals surface area contributed by atoms with E-state index in [2.05, 4.69) is 21.2 Å². The summed E-state index contributed by atoms with van der Waals surface area (Å²) in [6, 6.07) is 5.96. The van der Waals surface area contributed by atoms with Gasteiger partial charge >= 0.3 is 0 Å². The summed E-state index contributed by atoms with van der Waals surface area (Å²) in [5.74, 6) is 0.961. The quantitative estimate of drug-likeness (QED) is 0.808. The molecule has 1 aromatic rings. The molecule has 4 nitrogen and oxygen atoms in total. The van der Waals surface area contributed by atoms with E-state index >= 15 is 0 Å². The molecule has 0 saturated heterocycles. The maximum absolute atomic E-state index is 12.0. The molecule has 0 aromatic heterocycles. The molecule has 1 aromatic carbocycles. The van der Waals surface area contributed by atoms with E-state index in [1.807, 2.05) is 18.2 Å². The largest absolute Gasteiger partial charge is 0.493 e. The smallest absolute Gasteiger partial charge is 0.220 e. The van der Waals surface area contributed by atoms with Crippen molar-refractivity contribution in [1.82, 2.24) is 5.32 Å². The van der Waals surface area contributed by atoms with Crippen molar-refractivity contribution in [2.45, 2.75) is 31.7 Å². The summed E-state index contributed by atoms with van der Waals surface area (Å²) in [5, 5.41) is 3.10. The van der Waals surface area contributed by atoms with Gasteiger partial charge in [-0.2, -0.15) is 0 Å². The van der Waals surface area contributed by atoms with E-state index in [9.17, 15) is 4.79 Å². The Morgan fingerprint density at radius 2 is 2.35 bits per heavy atom. The van der Waals surface area contributed by atoms with Crippen molar-refractivity contribution in [3.63, 3.8) is 0 Å². The average Bonchev–Trinajstić information content (AvgIpc) is 2.44. The third-order valence-electron chi connectivity index (χ3n) is 3.35. The van der Waals surface area contributed by atoms with E-state index in [-0.39, 0.29) is 11.9 Å². The average molecular weight is 342 g/mol. The fraction of sp³-hybridized carbons (Fsp3) is 0.533. The van der Waals surface area contributed by atoms with Crippen LogP contribution in [-0.4, -0.2) is 26.2 Å². The molecule has 1 aliphatic heterocycles. The van der Waals surface area contributed by atoms with Gasteiger partial charge in [-0.15, -0.1) is 0 Å². The van der Waals surface area contributed by atoms with Crippen molar-refractivity contribution in [2.75, 3.05) is 20.3 Å². The molecule has 1 amide bonds. The number of halogens is 1. The second kappa shape index (κ2) is 7.64. The van der Waals surface area contributed by atoms with Gasteiger partial charge in [0.25, 0.3) is 0 Å². The zero-order valence-electron chi connectivity index (χ0n) is 11.7. The summed E-state index contributed by atoms with van der Waals surface area (Å²) in [6.45, 7) is 1.35. The van der Waals surface area contributed by atoms with Gasteiger partial charge in [0.15, 0.2) is 0 Å². The van der Waals surface area contributed by atoms with E-state index < -0.39 is 0 Å². The SMILES string of the molecule is COCCCCC(=O)NC1CCOc2ccc(Br)cc21. The van der Waals surface area contributed by atoms with Crippen LogP contribution in [0.1, 0.15) is 37.3 Å². The number of fused-ring (bicyclic) bond motifs is 1. The number of hydrogen-bond acceptors (Lipinski definition) is 3. The molecule has 1 heterocycles. The predicted octanol–water partition coefficient (Wildman–Crippen LogP) is 3.21. The molecule has 2 rings (SSSR count). The Balaban J connectivity index is 1.91. The van der Waals surface area contributed by atoms with Gasteiger partial charge in [0.1, 0.15) is 5.75 Å². The molecule has 1 aliphatic rings. The first-order chi connectivity index (χ1) is 9.70.